The Hall–Kier alpha value is -2.56. The molecule has 0 spiro atoms. The molecule has 1 aromatic heterocycles. The van der Waals surface area contributed by atoms with Gasteiger partial charge in [-0.1, -0.05) is 45.0 Å². The molecule has 0 atom stereocenters. The molecule has 0 amide bonds. The Labute approximate surface area is 154 Å². The van der Waals surface area contributed by atoms with Crippen molar-refractivity contribution in [2.24, 2.45) is 0 Å². The van der Waals surface area contributed by atoms with E-state index in [1.165, 1.54) is 5.56 Å². The second kappa shape index (κ2) is 7.77. The summed E-state index contributed by atoms with van der Waals surface area (Å²) in [5, 5.41) is 0. The van der Waals surface area contributed by atoms with E-state index < -0.39 is 11.9 Å². The number of hydrogen-bond donors (Lipinski definition) is 1. The molecular weight excluding hydrogens is 330 g/mol. The minimum absolute atomic E-state index is 0.0814. The van der Waals surface area contributed by atoms with Gasteiger partial charge in [-0.25, -0.2) is 9.59 Å². The van der Waals surface area contributed by atoms with Gasteiger partial charge >= 0.3 is 11.9 Å². The molecule has 5 heteroatoms. The number of benzene rings is 1. The molecule has 0 aliphatic heterocycles. The Morgan fingerprint density at radius 1 is 1.00 bits per heavy atom. The van der Waals surface area contributed by atoms with Crippen molar-refractivity contribution >= 4 is 11.9 Å². The number of H-pyrrole nitrogens is 1. The zero-order valence-corrected chi connectivity index (χ0v) is 16.4. The molecular formula is C21H27NO4. The summed E-state index contributed by atoms with van der Waals surface area (Å²) in [4.78, 5) is 27.4. The molecule has 0 saturated carbocycles. The number of aromatic amines is 1. The van der Waals surface area contributed by atoms with Crippen molar-refractivity contribution in [3.63, 3.8) is 0 Å². The minimum Gasteiger partial charge on any atom is -0.461 e. The van der Waals surface area contributed by atoms with Gasteiger partial charge in [-0.05, 0) is 42.9 Å². The van der Waals surface area contributed by atoms with Gasteiger partial charge in [0.2, 0.25) is 0 Å². The van der Waals surface area contributed by atoms with Gasteiger partial charge in [0, 0.05) is 5.69 Å². The molecule has 0 aliphatic carbocycles. The average Bonchev–Trinajstić information content (AvgIpc) is 2.87. The Bertz CT molecular complexity index is 795. The van der Waals surface area contributed by atoms with Crippen LogP contribution in [-0.2, 0) is 21.5 Å². The van der Waals surface area contributed by atoms with Gasteiger partial charge < -0.3 is 14.5 Å². The summed E-state index contributed by atoms with van der Waals surface area (Å²) in [6, 6.07) is 8.03. The summed E-state index contributed by atoms with van der Waals surface area (Å²) >= 11 is 0. The van der Waals surface area contributed by atoms with Crippen LogP contribution in [0.15, 0.2) is 24.3 Å². The quantitative estimate of drug-likeness (QED) is 0.802. The van der Waals surface area contributed by atoms with E-state index in [9.17, 15) is 9.59 Å². The summed E-state index contributed by atoms with van der Waals surface area (Å²) in [6.07, 6.45) is 0. The fourth-order valence-electron chi connectivity index (χ4n) is 2.79. The number of hydrogen-bond acceptors (Lipinski definition) is 4. The topological polar surface area (TPSA) is 68.4 Å². The molecule has 0 unspecified atom stereocenters. The lowest BCUT2D eigenvalue weighted by molar-refractivity contribution is 0.0471. The molecule has 140 valence electrons. The second-order valence-electron chi connectivity index (χ2n) is 7.37. The van der Waals surface area contributed by atoms with Crippen molar-refractivity contribution < 1.29 is 19.1 Å². The van der Waals surface area contributed by atoms with Crippen LogP contribution in [0.3, 0.4) is 0 Å². The molecule has 0 bridgehead atoms. The highest BCUT2D eigenvalue weighted by molar-refractivity contribution is 5.98. The van der Waals surface area contributed by atoms with Gasteiger partial charge in [0.25, 0.3) is 0 Å². The zero-order chi connectivity index (χ0) is 19.5. The van der Waals surface area contributed by atoms with Crippen LogP contribution in [0.4, 0.5) is 0 Å². The summed E-state index contributed by atoms with van der Waals surface area (Å²) in [6.45, 7) is 12.1. The molecule has 5 nitrogen and oxygen atoms in total. The number of carbonyl (C=O) groups is 2. The lowest BCUT2D eigenvalue weighted by atomic mass is 9.87. The normalized spacial score (nSPS) is 11.3. The highest BCUT2D eigenvalue weighted by atomic mass is 16.5. The molecule has 26 heavy (non-hydrogen) atoms. The predicted molar refractivity (Wildman–Crippen MR) is 100 cm³/mol. The lowest BCUT2D eigenvalue weighted by Gasteiger charge is -2.19. The molecule has 0 fully saturated rings. The standard InChI is InChI=1S/C21H27NO4/c1-7-25-20(24)18-13(2)17(14(3)22-18)19(23)26-12-15-8-10-16(11-9-15)21(4,5)6/h8-11,22H,7,12H2,1-6H3. The van der Waals surface area contributed by atoms with E-state index in [-0.39, 0.29) is 18.6 Å². The van der Waals surface area contributed by atoms with Gasteiger partial charge in [0.05, 0.1) is 12.2 Å². The fourth-order valence-corrected chi connectivity index (χ4v) is 2.79. The van der Waals surface area contributed by atoms with Crippen LogP contribution in [0.5, 0.6) is 0 Å². The smallest absolute Gasteiger partial charge is 0.355 e. The van der Waals surface area contributed by atoms with Crippen molar-refractivity contribution in [3.8, 4) is 0 Å². The predicted octanol–water partition coefficient (Wildman–Crippen LogP) is 4.46. The average molecular weight is 357 g/mol. The Morgan fingerprint density at radius 3 is 2.15 bits per heavy atom. The zero-order valence-electron chi connectivity index (χ0n) is 16.4. The third kappa shape index (κ3) is 4.34. The molecule has 2 aromatic rings. The van der Waals surface area contributed by atoms with E-state index in [0.717, 1.165) is 5.56 Å². The Morgan fingerprint density at radius 2 is 1.62 bits per heavy atom. The van der Waals surface area contributed by atoms with Crippen LogP contribution in [0.1, 0.15) is 70.9 Å². The van der Waals surface area contributed by atoms with Gasteiger partial charge in [-0.15, -0.1) is 0 Å². The summed E-state index contributed by atoms with van der Waals surface area (Å²) in [7, 11) is 0. The van der Waals surface area contributed by atoms with Crippen molar-refractivity contribution in [2.75, 3.05) is 6.61 Å². The molecule has 1 heterocycles. The third-order valence-electron chi connectivity index (χ3n) is 4.31. The Balaban J connectivity index is 2.10. The van der Waals surface area contributed by atoms with E-state index in [0.29, 0.717) is 22.5 Å². The summed E-state index contributed by atoms with van der Waals surface area (Å²) in [5.41, 5.74) is 4.06. The number of ether oxygens (including phenoxy) is 2. The van der Waals surface area contributed by atoms with E-state index in [2.05, 4.69) is 37.9 Å². The summed E-state index contributed by atoms with van der Waals surface area (Å²) in [5.74, 6) is -0.920. The number of aromatic nitrogens is 1. The third-order valence-corrected chi connectivity index (χ3v) is 4.31. The molecule has 0 saturated heterocycles. The molecule has 1 aromatic carbocycles. The van der Waals surface area contributed by atoms with Crippen LogP contribution in [-0.4, -0.2) is 23.5 Å². The lowest BCUT2D eigenvalue weighted by Crippen LogP contribution is -2.11. The maximum Gasteiger partial charge on any atom is 0.355 e. The fraction of sp³-hybridized carbons (Fsp3) is 0.429. The number of aryl methyl sites for hydroxylation is 1. The second-order valence-corrected chi connectivity index (χ2v) is 7.37. The van der Waals surface area contributed by atoms with E-state index in [1.807, 2.05) is 12.1 Å². The Kier molecular flexibility index (Phi) is 5.90. The van der Waals surface area contributed by atoms with E-state index in [1.54, 1.807) is 20.8 Å². The molecule has 2 rings (SSSR count). The molecule has 0 aliphatic rings. The minimum atomic E-state index is -0.468. The monoisotopic (exact) mass is 357 g/mol. The van der Waals surface area contributed by atoms with Gasteiger partial charge in [-0.3, -0.25) is 0 Å². The van der Waals surface area contributed by atoms with E-state index >= 15 is 0 Å². The van der Waals surface area contributed by atoms with Gasteiger partial charge in [-0.2, -0.15) is 0 Å². The maximum absolute atomic E-state index is 12.5. The number of rotatable bonds is 5. The molecule has 1 N–H and O–H groups in total. The largest absolute Gasteiger partial charge is 0.461 e. The van der Waals surface area contributed by atoms with Crippen molar-refractivity contribution in [2.45, 2.75) is 53.6 Å². The molecule has 0 radical (unpaired) electrons. The van der Waals surface area contributed by atoms with Gasteiger partial charge in [0.1, 0.15) is 12.3 Å². The first-order valence-corrected chi connectivity index (χ1v) is 8.78. The first-order valence-electron chi connectivity index (χ1n) is 8.78. The SMILES string of the molecule is CCOC(=O)c1[nH]c(C)c(C(=O)OCc2ccc(C(C)(C)C)cc2)c1C. The van der Waals surface area contributed by atoms with Crippen LogP contribution in [0, 0.1) is 13.8 Å². The maximum atomic E-state index is 12.5. The van der Waals surface area contributed by atoms with Gasteiger partial charge in [0.15, 0.2) is 0 Å². The highest BCUT2D eigenvalue weighted by Gasteiger charge is 2.23. The van der Waals surface area contributed by atoms with Crippen molar-refractivity contribution in [1.29, 1.82) is 0 Å². The first-order chi connectivity index (χ1) is 12.1. The highest BCUT2D eigenvalue weighted by Crippen LogP contribution is 2.23. The summed E-state index contributed by atoms with van der Waals surface area (Å²) < 4.78 is 10.4. The number of esters is 2. The first kappa shape index (κ1) is 19.8. The number of carbonyl (C=O) groups excluding carboxylic acids is 2. The number of nitrogens with one attached hydrogen (secondary N) is 1. The van der Waals surface area contributed by atoms with Crippen LogP contribution < -0.4 is 0 Å². The van der Waals surface area contributed by atoms with Crippen molar-refractivity contribution in [1.82, 2.24) is 4.98 Å². The van der Waals surface area contributed by atoms with Crippen LogP contribution in [0.25, 0.3) is 0 Å². The van der Waals surface area contributed by atoms with E-state index in [4.69, 9.17) is 9.47 Å². The van der Waals surface area contributed by atoms with Crippen molar-refractivity contribution in [3.05, 3.63) is 57.9 Å². The van der Waals surface area contributed by atoms with Crippen LogP contribution in [0.2, 0.25) is 0 Å². The van der Waals surface area contributed by atoms with Crippen LogP contribution >= 0.6 is 0 Å².